The van der Waals surface area contributed by atoms with E-state index in [-0.39, 0.29) is 0 Å². The molecule has 0 amide bonds. The van der Waals surface area contributed by atoms with E-state index in [2.05, 4.69) is 0 Å². The molecule has 328 valence electrons. The van der Waals surface area contributed by atoms with Crippen LogP contribution in [-0.4, -0.2) is 273 Å². The Morgan fingerprint density at radius 3 is 1.12 bits per heavy atom. The maximum Gasteiger partial charge on any atom is 0.187 e. The summed E-state index contributed by atoms with van der Waals surface area (Å²) in [5.41, 5.74) is 0. The molecule has 0 spiro atoms. The van der Waals surface area contributed by atoms with Crippen LogP contribution in [0.25, 0.3) is 0 Å². The van der Waals surface area contributed by atoms with Gasteiger partial charge in [-0.1, -0.05) is 0 Å². The highest BCUT2D eigenvalue weighted by Crippen LogP contribution is 2.33. The second-order valence-corrected chi connectivity index (χ2v) is 14.0. The van der Waals surface area contributed by atoms with Gasteiger partial charge in [0.25, 0.3) is 0 Å². The zero-order valence-corrected chi connectivity index (χ0v) is 29.2. The van der Waals surface area contributed by atoms with E-state index in [0.29, 0.717) is 0 Å². The van der Waals surface area contributed by atoms with E-state index < -0.39 is 187 Å². The number of aliphatic hydroxyl groups excluding tert-OH is 17. The average molecular weight is 829 g/mol. The minimum absolute atomic E-state index is 0.795. The molecule has 0 aromatic rings. The van der Waals surface area contributed by atoms with Gasteiger partial charge < -0.3 is 129 Å². The third kappa shape index (κ3) is 9.46. The van der Waals surface area contributed by atoms with Crippen LogP contribution in [0.2, 0.25) is 0 Å². The predicted octanol–water partition coefficient (Wildman–Crippen LogP) is -11.9. The molecule has 0 aliphatic carbocycles. The number of ether oxygens (including phenoxy) is 9. The first-order valence-corrected chi connectivity index (χ1v) is 17.6. The monoisotopic (exact) mass is 828 g/mol. The van der Waals surface area contributed by atoms with Crippen molar-refractivity contribution in [2.24, 2.45) is 0 Å². The summed E-state index contributed by atoms with van der Waals surface area (Å²) in [6.45, 7) is -4.15. The molecule has 17 N–H and O–H groups in total. The molecule has 56 heavy (non-hydrogen) atoms. The molecular formula is C30H52O26. The van der Waals surface area contributed by atoms with Gasteiger partial charge in [0.2, 0.25) is 0 Å². The highest BCUT2D eigenvalue weighted by atomic mass is 16.8. The van der Waals surface area contributed by atoms with Crippen molar-refractivity contribution in [2.75, 3.05) is 33.0 Å². The summed E-state index contributed by atoms with van der Waals surface area (Å²) in [5.74, 6) is 0. The molecule has 0 aromatic heterocycles. The molecule has 1 unspecified atom stereocenters. The summed E-state index contributed by atoms with van der Waals surface area (Å²) >= 11 is 0. The van der Waals surface area contributed by atoms with Crippen LogP contribution in [0.5, 0.6) is 0 Å². The standard InChI is InChI=1S/C30H52O26/c31-1-6-11(34)14(37)20(43)27(51-6)49-5-10-25(56-29-21(44)15(38)12(35)7(2-32)52-29)18(41)23(46)28(54-10)48-4-9-13(36)16(39)22(45)30(53-9)55-24-8(3-33)50-26(47)19(42)17(24)40/h6-47H,1-5H2/t6-,7-,8-,9-,10-,11-,12-,13-,14+,15-,16+,17-,18-,19-,20-,21-,22-,23-,24-,25-,26+,27+,28+,29?,30-/m1/s1. The fraction of sp³-hybridized carbons (Fsp3) is 1.00. The van der Waals surface area contributed by atoms with Gasteiger partial charge in [0.15, 0.2) is 31.5 Å². The van der Waals surface area contributed by atoms with E-state index in [1.54, 1.807) is 0 Å². The normalized spacial score (nSPS) is 53.2. The first-order valence-electron chi connectivity index (χ1n) is 17.6. The van der Waals surface area contributed by atoms with Crippen molar-refractivity contribution in [1.29, 1.82) is 0 Å². The average Bonchev–Trinajstić information content (AvgIpc) is 3.18. The largest absolute Gasteiger partial charge is 0.394 e. The first kappa shape index (κ1) is 46.0. The Morgan fingerprint density at radius 2 is 0.643 bits per heavy atom. The van der Waals surface area contributed by atoms with E-state index in [1.807, 2.05) is 0 Å². The van der Waals surface area contributed by atoms with Crippen molar-refractivity contribution in [2.45, 2.75) is 154 Å². The number of rotatable bonds is 13. The van der Waals surface area contributed by atoms with E-state index in [4.69, 9.17) is 42.6 Å². The molecule has 5 heterocycles. The molecule has 0 bridgehead atoms. The lowest BCUT2D eigenvalue weighted by atomic mass is 9.96. The molecule has 0 radical (unpaired) electrons. The third-order valence-electron chi connectivity index (χ3n) is 10.3. The molecular weight excluding hydrogens is 776 g/mol. The molecule has 5 aliphatic heterocycles. The molecule has 0 saturated carbocycles. The highest BCUT2D eigenvalue weighted by Gasteiger charge is 2.54. The maximum absolute atomic E-state index is 11.2. The minimum Gasteiger partial charge on any atom is -0.394 e. The lowest BCUT2D eigenvalue weighted by molar-refractivity contribution is -0.375. The van der Waals surface area contributed by atoms with Crippen LogP contribution >= 0.6 is 0 Å². The summed E-state index contributed by atoms with van der Waals surface area (Å²) < 4.78 is 49.3. The smallest absolute Gasteiger partial charge is 0.187 e. The van der Waals surface area contributed by atoms with Gasteiger partial charge in [-0.05, 0) is 0 Å². The Kier molecular flexibility index (Phi) is 16.1. The van der Waals surface area contributed by atoms with E-state index in [9.17, 15) is 86.8 Å². The van der Waals surface area contributed by atoms with Crippen molar-refractivity contribution in [3.05, 3.63) is 0 Å². The fourth-order valence-corrected chi connectivity index (χ4v) is 6.82. The summed E-state index contributed by atoms with van der Waals surface area (Å²) in [6.07, 6.45) is -45.7. The van der Waals surface area contributed by atoms with Gasteiger partial charge in [-0.3, -0.25) is 0 Å². The van der Waals surface area contributed by atoms with Crippen LogP contribution in [0.4, 0.5) is 0 Å². The van der Waals surface area contributed by atoms with Gasteiger partial charge in [0.05, 0.1) is 33.0 Å². The Hall–Kier alpha value is -1.04. The second-order valence-electron chi connectivity index (χ2n) is 14.0. The minimum atomic E-state index is -2.08. The van der Waals surface area contributed by atoms with Crippen molar-refractivity contribution < 1.29 is 129 Å². The van der Waals surface area contributed by atoms with E-state index in [0.717, 1.165) is 0 Å². The Labute approximate surface area is 316 Å². The molecule has 5 fully saturated rings. The molecule has 26 nitrogen and oxygen atoms in total. The van der Waals surface area contributed by atoms with Gasteiger partial charge in [-0.2, -0.15) is 0 Å². The zero-order valence-electron chi connectivity index (χ0n) is 29.2. The van der Waals surface area contributed by atoms with E-state index in [1.165, 1.54) is 0 Å². The van der Waals surface area contributed by atoms with Gasteiger partial charge >= 0.3 is 0 Å². The maximum atomic E-state index is 11.2. The van der Waals surface area contributed by atoms with Gasteiger partial charge in [0, 0.05) is 0 Å². The number of aliphatic hydroxyl groups is 17. The van der Waals surface area contributed by atoms with Crippen LogP contribution < -0.4 is 0 Å². The topological polar surface area (TPSA) is 427 Å². The SMILES string of the molecule is OC[C@H]1O[C@H](OC[C@H]2O[C@H](OC[C@H]3O[C@H](O[C@H]4[C@H](O)[C@@H](O)[C@@H](O)O[C@@H]4CO)[C@H](O)[C@@H](O)[C@@H]3O)[C@H](O)[C@@H](O)[C@@H]2OC2O[C@H](CO)[C@@H](O)[C@@H](O)[C@H]2O)[C@H](O)[C@@H](O)[C@@H]1O. The molecule has 26 heteroatoms. The first-order chi connectivity index (χ1) is 26.4. The predicted molar refractivity (Wildman–Crippen MR) is 167 cm³/mol. The third-order valence-corrected chi connectivity index (χ3v) is 10.3. The Morgan fingerprint density at radius 1 is 0.304 bits per heavy atom. The quantitative estimate of drug-likeness (QED) is 0.0819. The van der Waals surface area contributed by atoms with Crippen molar-refractivity contribution in [3.63, 3.8) is 0 Å². The lowest BCUT2D eigenvalue weighted by Gasteiger charge is -2.47. The van der Waals surface area contributed by atoms with Crippen molar-refractivity contribution in [1.82, 2.24) is 0 Å². The highest BCUT2D eigenvalue weighted by molar-refractivity contribution is 4.97. The summed E-state index contributed by atoms with van der Waals surface area (Å²) in [6, 6.07) is 0. The number of hydrogen-bond acceptors (Lipinski definition) is 26. The number of hydrogen-bond donors (Lipinski definition) is 17. The van der Waals surface area contributed by atoms with E-state index >= 15 is 0 Å². The molecule has 25 atom stereocenters. The van der Waals surface area contributed by atoms with Crippen LogP contribution in [0.1, 0.15) is 0 Å². The Bertz CT molecular complexity index is 1200. The molecule has 0 aromatic carbocycles. The fourth-order valence-electron chi connectivity index (χ4n) is 6.82. The van der Waals surface area contributed by atoms with Crippen LogP contribution in [-0.2, 0) is 42.6 Å². The lowest BCUT2D eigenvalue weighted by Crippen LogP contribution is -2.66. The molecule has 5 saturated heterocycles. The van der Waals surface area contributed by atoms with Crippen LogP contribution in [0.3, 0.4) is 0 Å². The molecule has 5 rings (SSSR count). The summed E-state index contributed by atoms with van der Waals surface area (Å²) in [7, 11) is 0. The van der Waals surface area contributed by atoms with Crippen molar-refractivity contribution >= 4 is 0 Å². The zero-order chi connectivity index (χ0) is 41.3. The summed E-state index contributed by atoms with van der Waals surface area (Å²) in [4.78, 5) is 0. The van der Waals surface area contributed by atoms with Gasteiger partial charge in [-0.25, -0.2) is 0 Å². The summed E-state index contributed by atoms with van der Waals surface area (Å²) in [5, 5.41) is 175. The van der Waals surface area contributed by atoms with Crippen LogP contribution in [0.15, 0.2) is 0 Å². The van der Waals surface area contributed by atoms with Gasteiger partial charge in [-0.15, -0.1) is 0 Å². The van der Waals surface area contributed by atoms with Crippen molar-refractivity contribution in [3.8, 4) is 0 Å². The van der Waals surface area contributed by atoms with Crippen LogP contribution in [0, 0.1) is 0 Å². The van der Waals surface area contributed by atoms with Gasteiger partial charge in [0.1, 0.15) is 122 Å². The second kappa shape index (κ2) is 19.6. The molecule has 5 aliphatic rings. The Balaban J connectivity index is 1.31.